The molecule has 92 valence electrons. The monoisotopic (exact) mass is 294 g/mol. The second-order valence-corrected chi connectivity index (χ2v) is 6.05. The summed E-state index contributed by atoms with van der Waals surface area (Å²) in [5.74, 6) is 3.85. The number of ether oxygens (including phenoxy) is 1. The van der Waals surface area contributed by atoms with Gasteiger partial charge in [0, 0.05) is 10.9 Å². The van der Waals surface area contributed by atoms with Crippen LogP contribution in [0.25, 0.3) is 0 Å². The van der Waals surface area contributed by atoms with Gasteiger partial charge in [0.2, 0.25) is 0 Å². The van der Waals surface area contributed by atoms with Crippen molar-refractivity contribution in [2.75, 3.05) is 6.61 Å². The van der Waals surface area contributed by atoms with Crippen LogP contribution in [-0.4, -0.2) is 6.61 Å². The molecule has 1 nitrogen and oxygen atoms in total. The normalized spacial score (nSPS) is 30.8. The number of hydrogen-bond donors (Lipinski definition) is 0. The average Bonchev–Trinajstić information content (AvgIpc) is 2.98. The number of para-hydroxylation sites is 1. The average molecular weight is 295 g/mol. The summed E-state index contributed by atoms with van der Waals surface area (Å²) in [5.41, 5.74) is 1.26. The SMILES string of the molecule is BrCc1ccccc1OCC1CC2CCC1C2. The van der Waals surface area contributed by atoms with Crippen LogP contribution in [0.2, 0.25) is 0 Å². The van der Waals surface area contributed by atoms with Crippen LogP contribution in [0.4, 0.5) is 0 Å². The first-order valence-corrected chi connectivity index (χ1v) is 7.75. The van der Waals surface area contributed by atoms with Crippen LogP contribution < -0.4 is 4.74 Å². The Morgan fingerprint density at radius 1 is 1.18 bits per heavy atom. The third-order valence-corrected chi connectivity index (χ3v) is 5.06. The molecule has 2 fully saturated rings. The fraction of sp³-hybridized carbons (Fsp3) is 0.600. The molecule has 3 unspecified atom stereocenters. The highest BCUT2D eigenvalue weighted by atomic mass is 79.9. The van der Waals surface area contributed by atoms with Gasteiger partial charge in [0.25, 0.3) is 0 Å². The molecule has 0 N–H and O–H groups in total. The lowest BCUT2D eigenvalue weighted by Crippen LogP contribution is -2.18. The Balaban J connectivity index is 1.60. The van der Waals surface area contributed by atoms with Gasteiger partial charge in [0.05, 0.1) is 6.61 Å². The maximum absolute atomic E-state index is 6.03. The van der Waals surface area contributed by atoms with Crippen molar-refractivity contribution in [1.29, 1.82) is 0 Å². The van der Waals surface area contributed by atoms with E-state index in [0.29, 0.717) is 0 Å². The quantitative estimate of drug-likeness (QED) is 0.748. The summed E-state index contributed by atoms with van der Waals surface area (Å²) in [6, 6.07) is 8.35. The van der Waals surface area contributed by atoms with Crippen LogP contribution in [0.1, 0.15) is 31.2 Å². The van der Waals surface area contributed by atoms with Gasteiger partial charge < -0.3 is 4.74 Å². The molecule has 2 bridgehead atoms. The number of benzene rings is 1. The number of rotatable bonds is 4. The molecule has 2 aliphatic rings. The molecule has 0 radical (unpaired) electrons. The zero-order chi connectivity index (χ0) is 11.7. The van der Waals surface area contributed by atoms with Crippen LogP contribution in [0, 0.1) is 17.8 Å². The minimum absolute atomic E-state index is 0.817. The van der Waals surface area contributed by atoms with Crippen molar-refractivity contribution in [1.82, 2.24) is 0 Å². The van der Waals surface area contributed by atoms with Gasteiger partial charge in [-0.3, -0.25) is 0 Å². The van der Waals surface area contributed by atoms with E-state index in [-0.39, 0.29) is 0 Å². The lowest BCUT2D eigenvalue weighted by atomic mass is 9.89. The van der Waals surface area contributed by atoms with Gasteiger partial charge in [-0.15, -0.1) is 0 Å². The summed E-state index contributed by atoms with van der Waals surface area (Å²) >= 11 is 3.51. The van der Waals surface area contributed by atoms with Crippen LogP contribution in [0.5, 0.6) is 5.75 Å². The molecule has 0 amide bonds. The zero-order valence-corrected chi connectivity index (χ0v) is 11.7. The van der Waals surface area contributed by atoms with Gasteiger partial charge in [-0.2, -0.15) is 0 Å². The van der Waals surface area contributed by atoms with Gasteiger partial charge >= 0.3 is 0 Å². The Labute approximate surface area is 112 Å². The number of hydrogen-bond acceptors (Lipinski definition) is 1. The van der Waals surface area contributed by atoms with Crippen LogP contribution in [0.15, 0.2) is 24.3 Å². The predicted octanol–water partition coefficient (Wildman–Crippen LogP) is 4.40. The van der Waals surface area contributed by atoms with E-state index in [9.17, 15) is 0 Å². The third kappa shape index (κ3) is 2.37. The first-order chi connectivity index (χ1) is 8.36. The number of halogens is 1. The van der Waals surface area contributed by atoms with E-state index in [1.54, 1.807) is 0 Å². The van der Waals surface area contributed by atoms with E-state index in [0.717, 1.165) is 35.4 Å². The van der Waals surface area contributed by atoms with Crippen molar-refractivity contribution in [3.8, 4) is 5.75 Å². The van der Waals surface area contributed by atoms with Crippen molar-refractivity contribution >= 4 is 15.9 Å². The Kier molecular flexibility index (Phi) is 3.41. The molecule has 0 aromatic heterocycles. The first kappa shape index (κ1) is 11.6. The maximum atomic E-state index is 6.03. The summed E-state index contributed by atoms with van der Waals surface area (Å²) in [6.45, 7) is 0.922. The molecule has 0 heterocycles. The Morgan fingerprint density at radius 3 is 2.76 bits per heavy atom. The molecule has 3 atom stereocenters. The Hall–Kier alpha value is -0.500. The summed E-state index contributed by atoms with van der Waals surface area (Å²) < 4.78 is 6.03. The molecule has 2 saturated carbocycles. The van der Waals surface area contributed by atoms with Gasteiger partial charge in [0.1, 0.15) is 5.75 Å². The molecule has 17 heavy (non-hydrogen) atoms. The zero-order valence-electron chi connectivity index (χ0n) is 10.1. The lowest BCUT2D eigenvalue weighted by molar-refractivity contribution is 0.194. The topological polar surface area (TPSA) is 9.23 Å². The molecule has 3 rings (SSSR count). The second-order valence-electron chi connectivity index (χ2n) is 5.49. The highest BCUT2D eigenvalue weighted by Gasteiger charge is 2.39. The standard InChI is InChI=1S/C15H19BrO/c16-9-13-3-1-2-4-15(13)17-10-14-8-11-5-6-12(14)7-11/h1-4,11-12,14H,5-10H2. The highest BCUT2D eigenvalue weighted by Crippen LogP contribution is 2.48. The minimum Gasteiger partial charge on any atom is -0.493 e. The molecular weight excluding hydrogens is 276 g/mol. The summed E-state index contributed by atoms with van der Waals surface area (Å²) in [4.78, 5) is 0. The van der Waals surface area contributed by atoms with Crippen molar-refractivity contribution < 1.29 is 4.74 Å². The molecule has 2 aliphatic carbocycles. The van der Waals surface area contributed by atoms with E-state index in [4.69, 9.17) is 4.74 Å². The van der Waals surface area contributed by atoms with Crippen LogP contribution in [0.3, 0.4) is 0 Å². The van der Waals surface area contributed by atoms with E-state index in [1.165, 1.54) is 31.2 Å². The van der Waals surface area contributed by atoms with Crippen molar-refractivity contribution in [3.05, 3.63) is 29.8 Å². The molecule has 0 saturated heterocycles. The van der Waals surface area contributed by atoms with Crippen molar-refractivity contribution in [2.24, 2.45) is 17.8 Å². The molecular formula is C15H19BrO. The maximum Gasteiger partial charge on any atom is 0.123 e. The molecule has 0 spiro atoms. The lowest BCUT2D eigenvalue weighted by Gasteiger charge is -2.22. The van der Waals surface area contributed by atoms with Crippen molar-refractivity contribution in [3.63, 3.8) is 0 Å². The van der Waals surface area contributed by atoms with Gasteiger partial charge in [0.15, 0.2) is 0 Å². The van der Waals surface area contributed by atoms with Crippen molar-refractivity contribution in [2.45, 2.75) is 31.0 Å². The first-order valence-electron chi connectivity index (χ1n) is 6.63. The second kappa shape index (κ2) is 5.01. The summed E-state index contributed by atoms with van der Waals surface area (Å²) in [6.07, 6.45) is 5.78. The van der Waals surface area contributed by atoms with Gasteiger partial charge in [-0.1, -0.05) is 40.5 Å². The third-order valence-electron chi connectivity index (χ3n) is 4.45. The Bertz CT molecular complexity index is 390. The Morgan fingerprint density at radius 2 is 2.06 bits per heavy atom. The number of fused-ring (bicyclic) bond motifs is 2. The fourth-order valence-electron chi connectivity index (χ4n) is 3.53. The molecule has 1 aromatic rings. The fourth-order valence-corrected chi connectivity index (χ4v) is 4.00. The largest absolute Gasteiger partial charge is 0.493 e. The molecule has 0 aliphatic heterocycles. The van der Waals surface area contributed by atoms with Gasteiger partial charge in [-0.25, -0.2) is 0 Å². The predicted molar refractivity (Wildman–Crippen MR) is 73.5 cm³/mol. The molecule has 2 heteroatoms. The van der Waals surface area contributed by atoms with Crippen LogP contribution >= 0.6 is 15.9 Å². The minimum atomic E-state index is 0.817. The summed E-state index contributed by atoms with van der Waals surface area (Å²) in [5, 5.41) is 0.875. The molecule has 1 aromatic carbocycles. The van der Waals surface area contributed by atoms with Crippen LogP contribution in [-0.2, 0) is 5.33 Å². The van der Waals surface area contributed by atoms with E-state index >= 15 is 0 Å². The van der Waals surface area contributed by atoms with E-state index in [2.05, 4.69) is 40.2 Å². The van der Waals surface area contributed by atoms with Gasteiger partial charge in [-0.05, 0) is 43.1 Å². The van der Waals surface area contributed by atoms with E-state index < -0.39 is 0 Å². The number of alkyl halides is 1. The van der Waals surface area contributed by atoms with E-state index in [1.807, 2.05) is 0 Å². The highest BCUT2D eigenvalue weighted by molar-refractivity contribution is 9.08. The summed E-state index contributed by atoms with van der Waals surface area (Å²) in [7, 11) is 0. The smallest absolute Gasteiger partial charge is 0.123 e.